The van der Waals surface area contributed by atoms with Gasteiger partial charge in [0.05, 0.1) is 17.8 Å². The summed E-state index contributed by atoms with van der Waals surface area (Å²) in [4.78, 5) is 5.56. The first-order valence-corrected chi connectivity index (χ1v) is 7.52. The van der Waals surface area contributed by atoms with Crippen molar-refractivity contribution in [2.45, 2.75) is 32.2 Å². The number of benzene rings is 1. The van der Waals surface area contributed by atoms with Crippen LogP contribution in [-0.4, -0.2) is 11.6 Å². The van der Waals surface area contributed by atoms with Crippen LogP contribution in [0.3, 0.4) is 0 Å². The molecule has 3 nitrogen and oxygen atoms in total. The van der Waals surface area contributed by atoms with Crippen LogP contribution in [0, 0.1) is 6.92 Å². The van der Waals surface area contributed by atoms with Gasteiger partial charge in [-0.05, 0) is 43.0 Å². The van der Waals surface area contributed by atoms with Gasteiger partial charge in [-0.1, -0.05) is 6.07 Å². The average molecular weight is 274 g/mol. The molecular weight excluding hydrogens is 256 g/mol. The number of aryl methyl sites for hydroxylation is 2. The normalized spacial score (nSPS) is 17.5. The number of fused-ring (bicyclic) bond motifs is 1. The fraction of sp³-hybridized carbons (Fsp3) is 0.400. The second-order valence-corrected chi connectivity index (χ2v) is 5.90. The third-order valence-electron chi connectivity index (χ3n) is 3.68. The predicted octanol–water partition coefficient (Wildman–Crippen LogP) is 3.02. The highest BCUT2D eigenvalue weighted by molar-refractivity contribution is 7.09. The maximum absolute atomic E-state index is 6.03. The Balaban J connectivity index is 1.60. The van der Waals surface area contributed by atoms with Gasteiger partial charge in [0, 0.05) is 17.3 Å². The molecule has 2 N–H and O–H groups in total. The van der Waals surface area contributed by atoms with Crippen LogP contribution in [-0.2, 0) is 12.8 Å². The average Bonchev–Trinajstić information content (AvgIpc) is 2.97. The number of aromatic nitrogens is 1. The van der Waals surface area contributed by atoms with E-state index < -0.39 is 0 Å². The van der Waals surface area contributed by atoms with Gasteiger partial charge in [-0.2, -0.15) is 0 Å². The van der Waals surface area contributed by atoms with Crippen molar-refractivity contribution in [1.29, 1.82) is 0 Å². The number of ether oxygens (including phenoxy) is 1. The molecule has 1 aliphatic rings. The Morgan fingerprint density at radius 2 is 2.37 bits per heavy atom. The number of rotatable bonds is 4. The van der Waals surface area contributed by atoms with Gasteiger partial charge in [-0.25, -0.2) is 4.98 Å². The molecule has 0 bridgehead atoms. The molecule has 0 spiro atoms. The molecule has 1 unspecified atom stereocenters. The van der Waals surface area contributed by atoms with E-state index in [1.165, 1.54) is 16.0 Å². The summed E-state index contributed by atoms with van der Waals surface area (Å²) < 4.78 is 5.83. The second-order valence-electron chi connectivity index (χ2n) is 4.97. The van der Waals surface area contributed by atoms with E-state index in [0.717, 1.165) is 30.7 Å². The lowest BCUT2D eigenvalue weighted by Gasteiger charge is -2.09. The van der Waals surface area contributed by atoms with Crippen LogP contribution >= 0.6 is 11.3 Å². The molecule has 2 aromatic rings. The van der Waals surface area contributed by atoms with Crippen molar-refractivity contribution in [3.05, 3.63) is 45.4 Å². The lowest BCUT2D eigenvalue weighted by atomic mass is 10.1. The lowest BCUT2D eigenvalue weighted by Crippen LogP contribution is -2.05. The smallest absolute Gasteiger partial charge is 0.119 e. The zero-order valence-electron chi connectivity index (χ0n) is 11.1. The van der Waals surface area contributed by atoms with Gasteiger partial charge >= 0.3 is 0 Å². The quantitative estimate of drug-likeness (QED) is 0.932. The summed E-state index contributed by atoms with van der Waals surface area (Å²) in [6.07, 6.45) is 3.05. The van der Waals surface area contributed by atoms with Crippen LogP contribution in [0.5, 0.6) is 5.75 Å². The van der Waals surface area contributed by atoms with Crippen LogP contribution in [0.2, 0.25) is 0 Å². The predicted molar refractivity (Wildman–Crippen MR) is 77.7 cm³/mol. The highest BCUT2D eigenvalue weighted by atomic mass is 32.1. The molecule has 0 saturated heterocycles. The molecule has 1 aromatic heterocycles. The monoisotopic (exact) mass is 274 g/mol. The molecule has 0 aliphatic heterocycles. The Morgan fingerprint density at radius 1 is 1.47 bits per heavy atom. The van der Waals surface area contributed by atoms with E-state index in [-0.39, 0.29) is 6.04 Å². The Kier molecular flexibility index (Phi) is 3.53. The van der Waals surface area contributed by atoms with Gasteiger partial charge in [0.2, 0.25) is 0 Å². The van der Waals surface area contributed by atoms with Crippen LogP contribution in [0.4, 0.5) is 0 Å². The second kappa shape index (κ2) is 5.31. The van der Waals surface area contributed by atoms with E-state index in [9.17, 15) is 0 Å². The molecule has 1 aromatic carbocycles. The molecule has 0 saturated carbocycles. The highest BCUT2D eigenvalue weighted by Crippen LogP contribution is 2.31. The van der Waals surface area contributed by atoms with Crippen molar-refractivity contribution in [2.24, 2.45) is 5.73 Å². The van der Waals surface area contributed by atoms with Crippen molar-refractivity contribution in [2.75, 3.05) is 6.61 Å². The van der Waals surface area contributed by atoms with Crippen LogP contribution in [0.1, 0.15) is 34.2 Å². The van der Waals surface area contributed by atoms with Crippen molar-refractivity contribution in [3.8, 4) is 5.75 Å². The largest absolute Gasteiger partial charge is 0.493 e. The van der Waals surface area contributed by atoms with Crippen molar-refractivity contribution in [1.82, 2.24) is 4.98 Å². The van der Waals surface area contributed by atoms with E-state index in [2.05, 4.69) is 17.1 Å². The fourth-order valence-electron chi connectivity index (χ4n) is 2.54. The van der Waals surface area contributed by atoms with E-state index >= 15 is 0 Å². The van der Waals surface area contributed by atoms with Gasteiger partial charge in [0.15, 0.2) is 0 Å². The van der Waals surface area contributed by atoms with Crippen LogP contribution < -0.4 is 10.5 Å². The Bertz CT molecular complexity index is 579. The van der Waals surface area contributed by atoms with E-state index in [1.54, 1.807) is 11.3 Å². The summed E-state index contributed by atoms with van der Waals surface area (Å²) in [7, 11) is 0. The molecule has 1 atom stereocenters. The summed E-state index contributed by atoms with van der Waals surface area (Å²) in [5.41, 5.74) is 11.7. The summed E-state index contributed by atoms with van der Waals surface area (Å²) >= 11 is 1.70. The summed E-state index contributed by atoms with van der Waals surface area (Å²) in [6, 6.07) is 6.50. The molecule has 1 heterocycles. The molecular formula is C15H18N2OS. The zero-order valence-corrected chi connectivity index (χ0v) is 11.9. The number of thiazole rings is 1. The molecule has 1 aliphatic carbocycles. The Hall–Kier alpha value is -1.39. The SMILES string of the molecule is Cc1ncsc1CCOc1ccc2c(c1)CCC2N. The van der Waals surface area contributed by atoms with Gasteiger partial charge < -0.3 is 10.5 Å². The molecule has 3 rings (SSSR count). The van der Waals surface area contributed by atoms with Gasteiger partial charge in [0.25, 0.3) is 0 Å². The van der Waals surface area contributed by atoms with Crippen LogP contribution in [0.25, 0.3) is 0 Å². The van der Waals surface area contributed by atoms with Crippen LogP contribution in [0.15, 0.2) is 23.7 Å². The molecule has 4 heteroatoms. The van der Waals surface area contributed by atoms with E-state index in [4.69, 9.17) is 10.5 Å². The van der Waals surface area contributed by atoms with Crippen molar-refractivity contribution >= 4 is 11.3 Å². The first-order valence-electron chi connectivity index (χ1n) is 6.64. The third-order valence-corrected chi connectivity index (χ3v) is 4.68. The minimum atomic E-state index is 0.212. The summed E-state index contributed by atoms with van der Waals surface area (Å²) in [5.74, 6) is 0.954. The van der Waals surface area contributed by atoms with Crippen molar-refractivity contribution < 1.29 is 4.74 Å². The first-order chi connectivity index (χ1) is 9.24. The van der Waals surface area contributed by atoms with Crippen molar-refractivity contribution in [3.63, 3.8) is 0 Å². The highest BCUT2D eigenvalue weighted by Gasteiger charge is 2.19. The minimum absolute atomic E-state index is 0.212. The maximum Gasteiger partial charge on any atom is 0.119 e. The molecule has 100 valence electrons. The Morgan fingerprint density at radius 3 is 3.16 bits per heavy atom. The topological polar surface area (TPSA) is 48.1 Å². The third kappa shape index (κ3) is 2.65. The van der Waals surface area contributed by atoms with Gasteiger partial charge in [-0.3, -0.25) is 0 Å². The summed E-state index contributed by atoms with van der Waals surface area (Å²) in [5, 5.41) is 0. The molecule has 19 heavy (non-hydrogen) atoms. The minimum Gasteiger partial charge on any atom is -0.493 e. The first kappa shape index (κ1) is 12.6. The number of hydrogen-bond donors (Lipinski definition) is 1. The van der Waals surface area contributed by atoms with E-state index in [0.29, 0.717) is 6.61 Å². The molecule has 0 amide bonds. The fourth-order valence-corrected chi connectivity index (χ4v) is 3.31. The molecule has 0 radical (unpaired) electrons. The van der Waals surface area contributed by atoms with Gasteiger partial charge in [0.1, 0.15) is 5.75 Å². The summed E-state index contributed by atoms with van der Waals surface area (Å²) in [6.45, 7) is 2.75. The number of hydrogen-bond acceptors (Lipinski definition) is 4. The standard InChI is InChI=1S/C15H18N2OS/c1-10-15(19-9-17-10)6-7-18-12-3-4-13-11(8-12)2-5-14(13)16/h3-4,8-9,14H,2,5-7,16H2,1H3. The number of nitrogens with zero attached hydrogens (tertiary/aromatic N) is 1. The number of nitrogens with two attached hydrogens (primary N) is 1. The molecule has 0 fully saturated rings. The lowest BCUT2D eigenvalue weighted by molar-refractivity contribution is 0.322. The maximum atomic E-state index is 6.03. The van der Waals surface area contributed by atoms with E-state index in [1.807, 2.05) is 18.5 Å². The zero-order chi connectivity index (χ0) is 13.2. The Labute approximate surface area is 117 Å². The van der Waals surface area contributed by atoms with Gasteiger partial charge in [-0.15, -0.1) is 11.3 Å².